The van der Waals surface area contributed by atoms with Crippen LogP contribution in [0.2, 0.25) is 0 Å². The van der Waals surface area contributed by atoms with Crippen molar-refractivity contribution in [3.05, 3.63) is 65.7 Å². The molecule has 2 aromatic rings. The summed E-state index contributed by atoms with van der Waals surface area (Å²) in [6, 6.07) is 18.5. The highest BCUT2D eigenvalue weighted by atomic mass is 15.1. The monoisotopic (exact) mass is 248 g/mol. The topological polar surface area (TPSA) is 24.7 Å². The molecule has 0 aliphatic carbocycles. The highest BCUT2D eigenvalue weighted by Crippen LogP contribution is 2.31. The summed E-state index contributed by atoms with van der Waals surface area (Å²) in [5.74, 6) is 0. The number of aryl methyl sites for hydroxylation is 1. The van der Waals surface area contributed by atoms with Gasteiger partial charge in [-0.2, -0.15) is 0 Å². The molecule has 0 saturated heterocycles. The zero-order valence-corrected chi connectivity index (χ0v) is 11.2. The van der Waals surface area contributed by atoms with E-state index in [2.05, 4.69) is 48.1 Å². The smallest absolute Gasteiger partial charge is 0.135 e. The van der Waals surface area contributed by atoms with Crippen molar-refractivity contribution in [1.29, 1.82) is 0 Å². The third-order valence-corrected chi connectivity index (χ3v) is 3.32. The van der Waals surface area contributed by atoms with E-state index in [1.54, 1.807) is 0 Å². The Balaban J connectivity index is 1.74. The molecule has 0 aromatic heterocycles. The van der Waals surface area contributed by atoms with Gasteiger partial charge < -0.3 is 0 Å². The van der Waals surface area contributed by atoms with E-state index in [1.165, 1.54) is 11.1 Å². The summed E-state index contributed by atoms with van der Waals surface area (Å²) >= 11 is 0. The van der Waals surface area contributed by atoms with Gasteiger partial charge in [-0.15, -0.1) is 0 Å². The summed E-state index contributed by atoms with van der Waals surface area (Å²) in [4.78, 5) is 9.07. The summed E-state index contributed by atoms with van der Waals surface area (Å²) in [5, 5.41) is 0. The lowest BCUT2D eigenvalue weighted by atomic mass is 10.0. The van der Waals surface area contributed by atoms with Crippen LogP contribution in [0.3, 0.4) is 0 Å². The third kappa shape index (κ3) is 2.48. The molecule has 0 N–H and O–H groups in total. The molecule has 1 unspecified atom stereocenters. The standard InChI is InChI=1S/C17H16N2/c1-13-8-10-15(11-9-13)18-12-17(2)16(19-17)14-6-4-3-5-7-14/h3-12H,1-2H3. The Hall–Kier alpha value is -2.22. The number of nitrogens with zero attached hydrogens (tertiary/aromatic N) is 2. The lowest BCUT2D eigenvalue weighted by molar-refractivity contribution is 1.00. The summed E-state index contributed by atoms with van der Waals surface area (Å²) in [5.41, 5.74) is 4.29. The van der Waals surface area contributed by atoms with Gasteiger partial charge in [0.05, 0.1) is 11.4 Å². The summed E-state index contributed by atoms with van der Waals surface area (Å²) in [6.45, 7) is 4.17. The molecule has 2 heteroatoms. The molecule has 1 aliphatic heterocycles. The lowest BCUT2D eigenvalue weighted by Crippen LogP contribution is -2.16. The Labute approximate surface area is 113 Å². The van der Waals surface area contributed by atoms with Gasteiger partial charge in [-0.25, -0.2) is 0 Å². The van der Waals surface area contributed by atoms with E-state index in [9.17, 15) is 0 Å². The lowest BCUT2D eigenvalue weighted by Gasteiger charge is -2.02. The van der Waals surface area contributed by atoms with E-state index in [0.717, 1.165) is 11.4 Å². The number of aliphatic imine (C=N–C) groups is 2. The van der Waals surface area contributed by atoms with Crippen molar-refractivity contribution in [2.24, 2.45) is 9.98 Å². The second kappa shape index (κ2) is 4.47. The van der Waals surface area contributed by atoms with Gasteiger partial charge in [-0.3, -0.25) is 9.98 Å². The van der Waals surface area contributed by atoms with Crippen molar-refractivity contribution >= 4 is 17.6 Å². The van der Waals surface area contributed by atoms with Gasteiger partial charge in [0, 0.05) is 6.21 Å². The van der Waals surface area contributed by atoms with Crippen molar-refractivity contribution < 1.29 is 0 Å². The molecule has 0 spiro atoms. The number of hydrogen-bond donors (Lipinski definition) is 0. The average molecular weight is 248 g/mol. The first-order chi connectivity index (χ1) is 9.17. The van der Waals surface area contributed by atoms with Crippen LogP contribution in [0.15, 0.2) is 64.6 Å². The SMILES string of the molecule is Cc1ccc(N=CC2(C)N=C2c2ccccc2)cc1. The molecule has 1 atom stereocenters. The van der Waals surface area contributed by atoms with Crippen LogP contribution in [0.4, 0.5) is 5.69 Å². The van der Waals surface area contributed by atoms with Gasteiger partial charge >= 0.3 is 0 Å². The predicted octanol–water partition coefficient (Wildman–Crippen LogP) is 3.96. The molecule has 19 heavy (non-hydrogen) atoms. The quantitative estimate of drug-likeness (QED) is 0.735. The van der Waals surface area contributed by atoms with Gasteiger partial charge in [-0.1, -0.05) is 48.0 Å². The van der Waals surface area contributed by atoms with Crippen LogP contribution >= 0.6 is 0 Å². The van der Waals surface area contributed by atoms with E-state index in [-0.39, 0.29) is 5.54 Å². The van der Waals surface area contributed by atoms with E-state index < -0.39 is 0 Å². The molecule has 0 saturated carbocycles. The number of rotatable bonds is 3. The molecular formula is C17H16N2. The molecule has 1 aliphatic rings. The Bertz CT molecular complexity index is 639. The van der Waals surface area contributed by atoms with Gasteiger partial charge in [-0.05, 0) is 31.5 Å². The fourth-order valence-corrected chi connectivity index (χ4v) is 2.08. The van der Waals surface area contributed by atoms with Crippen molar-refractivity contribution in [1.82, 2.24) is 0 Å². The van der Waals surface area contributed by atoms with Gasteiger partial charge in [0.25, 0.3) is 0 Å². The molecule has 2 aromatic carbocycles. The first-order valence-electron chi connectivity index (χ1n) is 6.45. The van der Waals surface area contributed by atoms with Gasteiger partial charge in [0.1, 0.15) is 5.54 Å². The molecule has 1 heterocycles. The van der Waals surface area contributed by atoms with Crippen LogP contribution in [0.1, 0.15) is 18.1 Å². The normalized spacial score (nSPS) is 21.5. The predicted molar refractivity (Wildman–Crippen MR) is 80.7 cm³/mol. The van der Waals surface area contributed by atoms with E-state index in [1.807, 2.05) is 36.5 Å². The summed E-state index contributed by atoms with van der Waals surface area (Å²) in [7, 11) is 0. The van der Waals surface area contributed by atoms with E-state index in [0.29, 0.717) is 0 Å². The van der Waals surface area contributed by atoms with Crippen LogP contribution in [-0.4, -0.2) is 17.5 Å². The van der Waals surface area contributed by atoms with Crippen molar-refractivity contribution in [2.75, 3.05) is 0 Å². The zero-order chi connectivity index (χ0) is 13.3. The van der Waals surface area contributed by atoms with Crippen LogP contribution in [-0.2, 0) is 0 Å². The minimum atomic E-state index is -0.230. The first kappa shape index (κ1) is 11.8. The van der Waals surface area contributed by atoms with Gasteiger partial charge in [0.2, 0.25) is 0 Å². The molecular weight excluding hydrogens is 232 g/mol. The van der Waals surface area contributed by atoms with Crippen LogP contribution in [0.25, 0.3) is 0 Å². The van der Waals surface area contributed by atoms with Gasteiger partial charge in [0.15, 0.2) is 0 Å². The second-order valence-corrected chi connectivity index (χ2v) is 5.07. The van der Waals surface area contributed by atoms with Crippen LogP contribution in [0.5, 0.6) is 0 Å². The summed E-state index contributed by atoms with van der Waals surface area (Å²) < 4.78 is 0. The Morgan fingerprint density at radius 3 is 2.37 bits per heavy atom. The molecule has 2 nitrogen and oxygen atoms in total. The second-order valence-electron chi connectivity index (χ2n) is 5.07. The third-order valence-electron chi connectivity index (χ3n) is 3.32. The van der Waals surface area contributed by atoms with E-state index in [4.69, 9.17) is 0 Å². The minimum Gasteiger partial charge on any atom is -0.268 e. The molecule has 94 valence electrons. The fourth-order valence-electron chi connectivity index (χ4n) is 2.08. The van der Waals surface area contributed by atoms with Crippen molar-refractivity contribution in [2.45, 2.75) is 19.4 Å². The number of benzene rings is 2. The number of hydrogen-bond acceptors (Lipinski definition) is 2. The first-order valence-corrected chi connectivity index (χ1v) is 6.45. The maximum atomic E-state index is 4.56. The fraction of sp³-hybridized carbons (Fsp3) is 0.176. The zero-order valence-electron chi connectivity index (χ0n) is 11.2. The summed E-state index contributed by atoms with van der Waals surface area (Å²) in [6.07, 6.45) is 1.93. The van der Waals surface area contributed by atoms with Crippen LogP contribution in [0, 0.1) is 6.92 Å². The maximum Gasteiger partial charge on any atom is 0.135 e. The minimum absolute atomic E-state index is 0.230. The molecule has 0 bridgehead atoms. The Kier molecular flexibility index (Phi) is 2.79. The van der Waals surface area contributed by atoms with Crippen molar-refractivity contribution in [3.63, 3.8) is 0 Å². The van der Waals surface area contributed by atoms with Crippen molar-refractivity contribution in [3.8, 4) is 0 Å². The molecule has 0 fully saturated rings. The Morgan fingerprint density at radius 1 is 1.00 bits per heavy atom. The Morgan fingerprint density at radius 2 is 1.68 bits per heavy atom. The molecule has 3 rings (SSSR count). The highest BCUT2D eigenvalue weighted by Gasteiger charge is 2.41. The molecule has 0 amide bonds. The largest absolute Gasteiger partial charge is 0.268 e. The van der Waals surface area contributed by atoms with Crippen LogP contribution < -0.4 is 0 Å². The molecule has 0 radical (unpaired) electrons. The highest BCUT2D eigenvalue weighted by molar-refractivity contribution is 6.26. The van der Waals surface area contributed by atoms with E-state index >= 15 is 0 Å². The average Bonchev–Trinajstić information content (AvgIpc) is 3.12. The maximum absolute atomic E-state index is 4.56.